The lowest BCUT2D eigenvalue weighted by atomic mass is 10.1. The maximum atomic E-state index is 4.69. The second kappa shape index (κ2) is 7.15. The summed E-state index contributed by atoms with van der Waals surface area (Å²) in [4.78, 5) is 15.7. The van der Waals surface area contributed by atoms with E-state index < -0.39 is 0 Å². The lowest BCUT2D eigenvalue weighted by molar-refractivity contribution is 0.417. The van der Waals surface area contributed by atoms with Crippen LogP contribution in [0.5, 0.6) is 0 Å². The zero-order chi connectivity index (χ0) is 15.4. The Bertz CT molecular complexity index is 583. The van der Waals surface area contributed by atoms with Gasteiger partial charge in [-0.2, -0.15) is 0 Å². The highest BCUT2D eigenvalue weighted by molar-refractivity contribution is 7.09. The minimum atomic E-state index is 0.476. The van der Waals surface area contributed by atoms with Gasteiger partial charge < -0.3 is 10.2 Å². The Labute approximate surface area is 135 Å². The Morgan fingerprint density at radius 1 is 1.36 bits per heavy atom. The summed E-state index contributed by atoms with van der Waals surface area (Å²) < 4.78 is 0. The van der Waals surface area contributed by atoms with Gasteiger partial charge in [-0.05, 0) is 24.8 Å². The molecule has 1 saturated heterocycles. The van der Waals surface area contributed by atoms with Gasteiger partial charge in [0.15, 0.2) is 0 Å². The van der Waals surface area contributed by atoms with Crippen molar-refractivity contribution in [1.29, 1.82) is 0 Å². The van der Waals surface area contributed by atoms with Crippen molar-refractivity contribution in [2.24, 2.45) is 0 Å². The second-order valence-corrected chi connectivity index (χ2v) is 6.98. The van der Waals surface area contributed by atoms with Crippen LogP contribution in [0.1, 0.15) is 43.3 Å². The predicted octanol–water partition coefficient (Wildman–Crippen LogP) is 2.82. The quantitative estimate of drug-likeness (QED) is 0.919. The molecule has 0 radical (unpaired) electrons. The normalized spacial score (nSPS) is 18.9. The van der Waals surface area contributed by atoms with E-state index in [0.717, 1.165) is 25.6 Å². The van der Waals surface area contributed by atoms with Crippen molar-refractivity contribution < 1.29 is 0 Å². The van der Waals surface area contributed by atoms with Crippen LogP contribution in [0.25, 0.3) is 0 Å². The van der Waals surface area contributed by atoms with Crippen LogP contribution in [0.15, 0.2) is 23.8 Å². The van der Waals surface area contributed by atoms with Gasteiger partial charge in [-0.1, -0.05) is 13.8 Å². The number of aromatic nitrogens is 3. The number of nitrogens with zero attached hydrogens (tertiary/aromatic N) is 4. The van der Waals surface area contributed by atoms with Crippen LogP contribution >= 0.6 is 11.3 Å². The van der Waals surface area contributed by atoms with Gasteiger partial charge in [0.25, 0.3) is 0 Å². The summed E-state index contributed by atoms with van der Waals surface area (Å²) in [5.74, 6) is 1.34. The number of hydrogen-bond acceptors (Lipinski definition) is 6. The summed E-state index contributed by atoms with van der Waals surface area (Å²) in [5, 5.41) is 6.99. The first-order chi connectivity index (χ1) is 10.7. The first-order valence-electron chi connectivity index (χ1n) is 7.92. The molecular weight excluding hydrogens is 294 g/mol. The molecule has 6 heteroatoms. The molecule has 3 heterocycles. The topological polar surface area (TPSA) is 53.9 Å². The van der Waals surface area contributed by atoms with Crippen molar-refractivity contribution in [2.45, 2.75) is 45.2 Å². The van der Waals surface area contributed by atoms with E-state index in [1.807, 2.05) is 18.5 Å². The van der Waals surface area contributed by atoms with Crippen LogP contribution in [0.4, 0.5) is 5.95 Å². The zero-order valence-electron chi connectivity index (χ0n) is 13.2. The van der Waals surface area contributed by atoms with Crippen molar-refractivity contribution >= 4 is 17.3 Å². The third kappa shape index (κ3) is 3.81. The fourth-order valence-electron chi connectivity index (χ4n) is 2.68. The fraction of sp³-hybridized carbons (Fsp3) is 0.562. The van der Waals surface area contributed by atoms with Crippen LogP contribution in [0.3, 0.4) is 0 Å². The van der Waals surface area contributed by atoms with Crippen LogP contribution in [0.2, 0.25) is 0 Å². The van der Waals surface area contributed by atoms with Crippen molar-refractivity contribution in [1.82, 2.24) is 20.3 Å². The molecule has 5 nitrogen and oxygen atoms in total. The monoisotopic (exact) mass is 317 g/mol. The molecule has 0 amide bonds. The minimum absolute atomic E-state index is 0.476. The second-order valence-electron chi connectivity index (χ2n) is 6.04. The molecule has 0 bridgehead atoms. The first kappa shape index (κ1) is 15.4. The van der Waals surface area contributed by atoms with Crippen LogP contribution in [0, 0.1) is 0 Å². The van der Waals surface area contributed by atoms with Crippen LogP contribution in [-0.4, -0.2) is 34.1 Å². The van der Waals surface area contributed by atoms with E-state index in [2.05, 4.69) is 44.4 Å². The lowest BCUT2D eigenvalue weighted by Crippen LogP contribution is -2.46. The van der Waals surface area contributed by atoms with Gasteiger partial charge in [-0.25, -0.2) is 15.0 Å². The van der Waals surface area contributed by atoms with Gasteiger partial charge in [-0.15, -0.1) is 11.3 Å². The van der Waals surface area contributed by atoms with Gasteiger partial charge in [-0.3, -0.25) is 0 Å². The largest absolute Gasteiger partial charge is 0.339 e. The molecule has 2 aromatic rings. The summed E-state index contributed by atoms with van der Waals surface area (Å²) in [5.41, 5.74) is 1.20. The summed E-state index contributed by atoms with van der Waals surface area (Å²) in [6.45, 7) is 7.23. The van der Waals surface area contributed by atoms with Gasteiger partial charge in [0.1, 0.15) is 5.01 Å². The predicted molar refractivity (Wildman–Crippen MR) is 90.3 cm³/mol. The first-order valence-corrected chi connectivity index (χ1v) is 8.80. The number of hydrogen-bond donors (Lipinski definition) is 1. The number of rotatable bonds is 5. The molecule has 1 aliphatic heterocycles. The Morgan fingerprint density at radius 2 is 2.18 bits per heavy atom. The van der Waals surface area contributed by atoms with Crippen LogP contribution in [-0.2, 0) is 6.54 Å². The third-order valence-corrected chi connectivity index (χ3v) is 4.83. The molecule has 3 rings (SSSR count). The van der Waals surface area contributed by atoms with Crippen LogP contribution < -0.4 is 10.2 Å². The number of thiazole rings is 1. The molecule has 0 saturated carbocycles. The lowest BCUT2D eigenvalue weighted by Gasteiger charge is -2.33. The highest BCUT2D eigenvalue weighted by Gasteiger charge is 2.21. The van der Waals surface area contributed by atoms with Gasteiger partial charge in [0.2, 0.25) is 5.95 Å². The van der Waals surface area contributed by atoms with Crippen molar-refractivity contribution in [2.75, 3.05) is 18.0 Å². The number of nitrogens with one attached hydrogen (secondary N) is 1. The highest BCUT2D eigenvalue weighted by Crippen LogP contribution is 2.19. The summed E-state index contributed by atoms with van der Waals surface area (Å²) in [6, 6.07) is 2.33. The standard InChI is InChI=1S/C16H23N5S/c1-12(2)14-11-22-15(20-14)9-19-13-5-3-8-21(10-13)16-17-6-4-7-18-16/h4,6-7,11-13,19H,3,5,8-10H2,1-2H3/t13-/m1/s1. The fourth-order valence-corrected chi connectivity index (χ4v) is 3.59. The maximum Gasteiger partial charge on any atom is 0.225 e. The Balaban J connectivity index is 1.54. The van der Waals surface area contributed by atoms with E-state index in [-0.39, 0.29) is 0 Å². The molecule has 22 heavy (non-hydrogen) atoms. The van der Waals surface area contributed by atoms with Gasteiger partial charge in [0, 0.05) is 43.4 Å². The van der Waals surface area contributed by atoms with E-state index in [0.29, 0.717) is 12.0 Å². The van der Waals surface area contributed by atoms with Crippen molar-refractivity contribution in [3.05, 3.63) is 34.5 Å². The summed E-state index contributed by atoms with van der Waals surface area (Å²) in [7, 11) is 0. The Morgan fingerprint density at radius 3 is 2.91 bits per heavy atom. The Kier molecular flexibility index (Phi) is 5.00. The van der Waals surface area contributed by atoms with Crippen molar-refractivity contribution in [3.63, 3.8) is 0 Å². The highest BCUT2D eigenvalue weighted by atomic mass is 32.1. The average molecular weight is 317 g/mol. The minimum Gasteiger partial charge on any atom is -0.339 e. The average Bonchev–Trinajstić information content (AvgIpc) is 3.03. The van der Waals surface area contributed by atoms with E-state index in [9.17, 15) is 0 Å². The zero-order valence-corrected chi connectivity index (χ0v) is 14.0. The Hall–Kier alpha value is -1.53. The summed E-state index contributed by atoms with van der Waals surface area (Å²) in [6.07, 6.45) is 5.99. The number of anilines is 1. The summed E-state index contributed by atoms with van der Waals surface area (Å²) >= 11 is 1.75. The molecule has 0 unspecified atom stereocenters. The molecule has 1 fully saturated rings. The number of piperidine rings is 1. The molecule has 1 aliphatic rings. The SMILES string of the molecule is CC(C)c1csc(CN[C@@H]2CCCN(c3ncccn3)C2)n1. The molecule has 2 aromatic heterocycles. The van der Waals surface area contributed by atoms with Crippen molar-refractivity contribution in [3.8, 4) is 0 Å². The molecule has 1 atom stereocenters. The molecule has 0 aromatic carbocycles. The molecular formula is C16H23N5S. The van der Waals surface area contributed by atoms with E-state index in [1.54, 1.807) is 11.3 Å². The molecule has 0 aliphatic carbocycles. The smallest absolute Gasteiger partial charge is 0.225 e. The molecule has 0 spiro atoms. The van der Waals surface area contributed by atoms with E-state index >= 15 is 0 Å². The van der Waals surface area contributed by atoms with E-state index in [4.69, 9.17) is 0 Å². The molecule has 1 N–H and O–H groups in total. The third-order valence-electron chi connectivity index (χ3n) is 3.96. The maximum absolute atomic E-state index is 4.69. The van der Waals surface area contributed by atoms with E-state index in [1.165, 1.54) is 23.5 Å². The van der Waals surface area contributed by atoms with Gasteiger partial charge in [0.05, 0.1) is 5.69 Å². The van der Waals surface area contributed by atoms with Gasteiger partial charge >= 0.3 is 0 Å². The molecule has 118 valence electrons.